The van der Waals surface area contributed by atoms with E-state index in [1.165, 1.54) is 44.5 Å². The Labute approximate surface area is 200 Å². The highest BCUT2D eigenvalue weighted by Gasteiger charge is 2.45. The molecule has 168 valence electrons. The van der Waals surface area contributed by atoms with Crippen molar-refractivity contribution in [1.82, 2.24) is 0 Å². The minimum atomic E-state index is 0.381. The van der Waals surface area contributed by atoms with Crippen molar-refractivity contribution in [1.29, 1.82) is 0 Å². The Bertz CT molecular complexity index is 1180. The van der Waals surface area contributed by atoms with Crippen LogP contribution in [0.4, 0.5) is 0 Å². The van der Waals surface area contributed by atoms with Crippen molar-refractivity contribution in [2.24, 2.45) is 17.8 Å². The van der Waals surface area contributed by atoms with Gasteiger partial charge in [0.05, 0.1) is 0 Å². The molecule has 1 saturated carbocycles. The van der Waals surface area contributed by atoms with Crippen LogP contribution in [-0.4, -0.2) is 0 Å². The van der Waals surface area contributed by atoms with E-state index in [0.717, 1.165) is 25.7 Å². The number of allylic oxidation sites excluding steroid dienone is 8. The van der Waals surface area contributed by atoms with Gasteiger partial charge in [0.1, 0.15) is 0 Å². The summed E-state index contributed by atoms with van der Waals surface area (Å²) < 4.78 is 0. The maximum atomic E-state index is 4.71. The molecule has 33 heavy (non-hydrogen) atoms. The third-order valence-corrected chi connectivity index (χ3v) is 8.08. The summed E-state index contributed by atoms with van der Waals surface area (Å²) in [6, 6.07) is 18.1. The van der Waals surface area contributed by atoms with Crippen LogP contribution < -0.4 is 0 Å². The summed E-state index contributed by atoms with van der Waals surface area (Å²) in [6.45, 7) is 16.1. The lowest BCUT2D eigenvalue weighted by Crippen LogP contribution is -2.31. The summed E-state index contributed by atoms with van der Waals surface area (Å²) in [6.07, 6.45) is 11.7. The molecule has 0 heterocycles. The highest BCUT2D eigenvalue weighted by Crippen LogP contribution is 2.57. The zero-order chi connectivity index (χ0) is 23.1. The highest BCUT2D eigenvalue weighted by molar-refractivity contribution is 5.81. The van der Waals surface area contributed by atoms with E-state index in [1.54, 1.807) is 5.57 Å². The zero-order valence-corrected chi connectivity index (χ0v) is 20.4. The lowest BCUT2D eigenvalue weighted by molar-refractivity contribution is 0.322. The molecule has 0 amide bonds. The van der Waals surface area contributed by atoms with Crippen molar-refractivity contribution in [3.05, 3.63) is 124 Å². The summed E-state index contributed by atoms with van der Waals surface area (Å²) in [5, 5.41) is 0. The summed E-state index contributed by atoms with van der Waals surface area (Å²) >= 11 is 0. The standard InChI is InChI=1S/C33H36/c1-6-9-22(3)31-23(4)18-29-20-28(19-27-17-16-25-10-7-8-11-30(25)27)24(5)32(29)33(31)26-14-12-21(2)13-15-26/h7-8,10-15,17-19,23,31-33H,3,5-6,9,16,20H2,1-2,4H3. The average molecular weight is 433 g/mol. The Morgan fingerprint density at radius 3 is 2.61 bits per heavy atom. The molecule has 1 fully saturated rings. The van der Waals surface area contributed by atoms with Crippen LogP contribution >= 0.6 is 0 Å². The van der Waals surface area contributed by atoms with Gasteiger partial charge in [0.2, 0.25) is 0 Å². The molecule has 0 bridgehead atoms. The maximum Gasteiger partial charge on any atom is 0.0123 e. The molecule has 0 heteroatoms. The minimum absolute atomic E-state index is 0.381. The predicted molar refractivity (Wildman–Crippen MR) is 142 cm³/mol. The molecule has 2 aromatic carbocycles. The van der Waals surface area contributed by atoms with Crippen LogP contribution in [-0.2, 0) is 6.42 Å². The normalized spacial score (nSPS) is 27.2. The van der Waals surface area contributed by atoms with Gasteiger partial charge in [0, 0.05) is 11.8 Å². The van der Waals surface area contributed by atoms with Gasteiger partial charge in [-0.25, -0.2) is 0 Å². The third-order valence-electron chi connectivity index (χ3n) is 8.08. The highest BCUT2D eigenvalue weighted by atomic mass is 14.5. The van der Waals surface area contributed by atoms with Gasteiger partial charge in [-0.2, -0.15) is 0 Å². The van der Waals surface area contributed by atoms with Gasteiger partial charge in [-0.15, -0.1) is 0 Å². The molecule has 5 rings (SSSR count). The van der Waals surface area contributed by atoms with E-state index in [9.17, 15) is 0 Å². The first-order valence-corrected chi connectivity index (χ1v) is 12.6. The molecule has 0 aliphatic heterocycles. The van der Waals surface area contributed by atoms with Crippen molar-refractivity contribution in [2.45, 2.75) is 52.4 Å². The first kappa shape index (κ1) is 22.0. The van der Waals surface area contributed by atoms with E-state index in [0.29, 0.717) is 23.7 Å². The van der Waals surface area contributed by atoms with E-state index >= 15 is 0 Å². The van der Waals surface area contributed by atoms with Gasteiger partial charge in [-0.1, -0.05) is 117 Å². The number of benzene rings is 2. The molecule has 2 aromatic rings. The second-order valence-electron chi connectivity index (χ2n) is 10.3. The van der Waals surface area contributed by atoms with E-state index < -0.39 is 0 Å². The Morgan fingerprint density at radius 2 is 1.85 bits per heavy atom. The molecule has 0 aromatic heterocycles. The topological polar surface area (TPSA) is 0 Å². The van der Waals surface area contributed by atoms with Gasteiger partial charge in [-0.05, 0) is 71.4 Å². The first-order valence-electron chi connectivity index (χ1n) is 12.6. The zero-order valence-electron chi connectivity index (χ0n) is 20.4. The molecule has 3 aliphatic carbocycles. The van der Waals surface area contributed by atoms with Gasteiger partial charge < -0.3 is 0 Å². The van der Waals surface area contributed by atoms with Crippen LogP contribution in [0.2, 0.25) is 0 Å². The van der Waals surface area contributed by atoms with Gasteiger partial charge >= 0.3 is 0 Å². The Balaban J connectivity index is 1.55. The van der Waals surface area contributed by atoms with Gasteiger partial charge in [0.25, 0.3) is 0 Å². The molecule has 3 aliphatic rings. The lowest BCUT2D eigenvalue weighted by atomic mass is 9.62. The smallest absolute Gasteiger partial charge is 0.0123 e. The number of aryl methyl sites for hydroxylation is 1. The predicted octanol–water partition coefficient (Wildman–Crippen LogP) is 8.77. The van der Waals surface area contributed by atoms with Gasteiger partial charge in [0.15, 0.2) is 0 Å². The number of hydrogen-bond acceptors (Lipinski definition) is 0. The monoisotopic (exact) mass is 432 g/mol. The lowest BCUT2D eigenvalue weighted by Gasteiger charge is -2.41. The van der Waals surface area contributed by atoms with Crippen LogP contribution in [0.3, 0.4) is 0 Å². The largest absolute Gasteiger partial charge is 0.0995 e. The van der Waals surface area contributed by atoms with Crippen LogP contribution in [0.25, 0.3) is 5.57 Å². The van der Waals surface area contributed by atoms with E-state index in [4.69, 9.17) is 6.58 Å². The summed E-state index contributed by atoms with van der Waals surface area (Å²) in [5.74, 6) is 1.76. The molecule has 4 atom stereocenters. The van der Waals surface area contributed by atoms with Crippen LogP contribution in [0.15, 0.2) is 102 Å². The molecular formula is C33H36. The second kappa shape index (κ2) is 8.82. The molecular weight excluding hydrogens is 396 g/mol. The van der Waals surface area contributed by atoms with Crippen molar-refractivity contribution >= 4 is 5.57 Å². The third kappa shape index (κ3) is 3.90. The minimum Gasteiger partial charge on any atom is -0.0995 e. The quantitative estimate of drug-likeness (QED) is 0.414. The fourth-order valence-corrected chi connectivity index (χ4v) is 6.53. The number of hydrogen-bond donors (Lipinski definition) is 0. The number of fused-ring (bicyclic) bond motifs is 2. The van der Waals surface area contributed by atoms with Crippen LogP contribution in [0.5, 0.6) is 0 Å². The SMILES string of the molecule is C=C1C(=CC2=CCc3ccccc32)CC2=CC(C)C(C(=C)CCC)C(c3ccc(C)cc3)C12. The van der Waals surface area contributed by atoms with E-state index in [2.05, 4.69) is 94.1 Å². The van der Waals surface area contributed by atoms with Crippen LogP contribution in [0.1, 0.15) is 61.3 Å². The fourth-order valence-electron chi connectivity index (χ4n) is 6.53. The van der Waals surface area contributed by atoms with Crippen molar-refractivity contribution in [2.75, 3.05) is 0 Å². The van der Waals surface area contributed by atoms with Crippen molar-refractivity contribution in [3.8, 4) is 0 Å². The molecule has 0 nitrogen and oxygen atoms in total. The summed E-state index contributed by atoms with van der Waals surface area (Å²) in [5.41, 5.74) is 12.7. The Morgan fingerprint density at radius 1 is 1.09 bits per heavy atom. The maximum absolute atomic E-state index is 4.71. The van der Waals surface area contributed by atoms with E-state index in [1.807, 2.05) is 0 Å². The van der Waals surface area contributed by atoms with Crippen LogP contribution in [0, 0.1) is 24.7 Å². The summed E-state index contributed by atoms with van der Waals surface area (Å²) in [7, 11) is 0. The van der Waals surface area contributed by atoms with Crippen molar-refractivity contribution in [3.63, 3.8) is 0 Å². The summed E-state index contributed by atoms with van der Waals surface area (Å²) in [4.78, 5) is 0. The fraction of sp³-hybridized carbons (Fsp3) is 0.333. The molecule has 0 N–H and O–H groups in total. The molecule has 0 saturated heterocycles. The average Bonchev–Trinajstić information content (AvgIpc) is 3.35. The first-order chi connectivity index (χ1) is 16.0. The molecule has 0 radical (unpaired) electrons. The second-order valence-corrected chi connectivity index (χ2v) is 10.3. The Kier molecular flexibility index (Phi) is 5.87. The molecule has 4 unspecified atom stereocenters. The molecule has 0 spiro atoms. The Hall–Kier alpha value is -2.86. The van der Waals surface area contributed by atoms with Gasteiger partial charge in [-0.3, -0.25) is 0 Å². The number of rotatable bonds is 5. The van der Waals surface area contributed by atoms with E-state index in [-0.39, 0.29) is 0 Å². The van der Waals surface area contributed by atoms with Crippen molar-refractivity contribution < 1.29 is 0 Å².